The monoisotopic (exact) mass is 361 g/mol. The standard InChI is InChI=1S/C18H23N3O5/c1-12(19-9-10-24-2)17-15(11-16(22)26-4)20-21(18(17)23)13-5-7-14(25-3)8-6-13/h5-8,20H,9-11H2,1-4H3. The number of rotatable bonds is 8. The molecule has 0 atom stereocenters. The first kappa shape index (κ1) is 19.5. The van der Waals surface area contributed by atoms with Crippen LogP contribution in [0, 0.1) is 0 Å². The van der Waals surface area contributed by atoms with Crippen molar-refractivity contribution in [3.63, 3.8) is 0 Å². The van der Waals surface area contributed by atoms with Gasteiger partial charge < -0.3 is 14.2 Å². The zero-order valence-electron chi connectivity index (χ0n) is 15.4. The highest BCUT2D eigenvalue weighted by molar-refractivity contribution is 6.00. The van der Waals surface area contributed by atoms with E-state index in [-0.39, 0.29) is 12.0 Å². The Hall–Kier alpha value is -2.87. The number of hydrogen-bond donors (Lipinski definition) is 1. The molecule has 1 aromatic carbocycles. The highest BCUT2D eigenvalue weighted by atomic mass is 16.5. The first-order chi connectivity index (χ1) is 12.5. The average Bonchev–Trinajstić information content (AvgIpc) is 2.97. The van der Waals surface area contributed by atoms with Crippen LogP contribution in [-0.4, -0.2) is 55.9 Å². The Balaban J connectivity index is 2.50. The van der Waals surface area contributed by atoms with Crippen molar-refractivity contribution >= 4 is 11.7 Å². The van der Waals surface area contributed by atoms with Gasteiger partial charge in [0.2, 0.25) is 0 Å². The van der Waals surface area contributed by atoms with Gasteiger partial charge in [-0.3, -0.25) is 19.7 Å². The molecule has 8 heteroatoms. The molecule has 2 aromatic rings. The van der Waals surface area contributed by atoms with Crippen LogP contribution in [0.25, 0.3) is 5.69 Å². The molecule has 0 aliphatic rings. The minimum absolute atomic E-state index is 0.0542. The highest BCUT2D eigenvalue weighted by Gasteiger charge is 2.20. The van der Waals surface area contributed by atoms with E-state index < -0.39 is 5.97 Å². The van der Waals surface area contributed by atoms with E-state index in [0.717, 1.165) is 0 Å². The Labute approximate surface area is 151 Å². The molecule has 0 radical (unpaired) electrons. The number of aromatic amines is 1. The van der Waals surface area contributed by atoms with Crippen molar-refractivity contribution in [3.8, 4) is 11.4 Å². The predicted octanol–water partition coefficient (Wildman–Crippen LogP) is 1.35. The number of aromatic nitrogens is 2. The molecule has 140 valence electrons. The summed E-state index contributed by atoms with van der Waals surface area (Å²) in [7, 11) is 4.46. The molecular formula is C18H23N3O5. The first-order valence-electron chi connectivity index (χ1n) is 8.07. The van der Waals surface area contributed by atoms with Crippen LogP contribution in [0.2, 0.25) is 0 Å². The fourth-order valence-corrected chi connectivity index (χ4v) is 2.50. The van der Waals surface area contributed by atoms with Gasteiger partial charge in [-0.15, -0.1) is 0 Å². The Morgan fingerprint density at radius 3 is 2.46 bits per heavy atom. The van der Waals surface area contributed by atoms with Gasteiger partial charge in [0.25, 0.3) is 5.56 Å². The highest BCUT2D eigenvalue weighted by Crippen LogP contribution is 2.15. The minimum atomic E-state index is -0.445. The van der Waals surface area contributed by atoms with Crippen LogP contribution >= 0.6 is 0 Å². The number of benzene rings is 1. The SMILES string of the molecule is COCCN=C(C)c1c(CC(=O)OC)[nH]n(-c2ccc(OC)cc2)c1=O. The molecule has 0 bridgehead atoms. The normalized spacial score (nSPS) is 11.5. The number of ether oxygens (including phenoxy) is 3. The van der Waals surface area contributed by atoms with Crippen LogP contribution in [0.1, 0.15) is 18.2 Å². The van der Waals surface area contributed by atoms with E-state index in [0.29, 0.717) is 41.6 Å². The zero-order valence-corrected chi connectivity index (χ0v) is 15.4. The number of carbonyl (C=O) groups excluding carboxylic acids is 1. The Kier molecular flexibility index (Phi) is 6.74. The van der Waals surface area contributed by atoms with Gasteiger partial charge in [-0.2, -0.15) is 0 Å². The summed E-state index contributed by atoms with van der Waals surface area (Å²) in [4.78, 5) is 29.0. The maximum Gasteiger partial charge on any atom is 0.311 e. The molecule has 1 aromatic heterocycles. The fourth-order valence-electron chi connectivity index (χ4n) is 2.50. The molecule has 0 amide bonds. The van der Waals surface area contributed by atoms with Crippen molar-refractivity contribution in [3.05, 3.63) is 45.9 Å². The molecule has 0 saturated heterocycles. The van der Waals surface area contributed by atoms with Gasteiger partial charge in [0, 0.05) is 12.8 Å². The fraction of sp³-hybridized carbons (Fsp3) is 0.389. The molecule has 0 fully saturated rings. The molecule has 26 heavy (non-hydrogen) atoms. The summed E-state index contributed by atoms with van der Waals surface area (Å²) in [6.45, 7) is 2.60. The third kappa shape index (κ3) is 4.40. The maximum atomic E-state index is 12.9. The lowest BCUT2D eigenvalue weighted by molar-refractivity contribution is -0.139. The zero-order chi connectivity index (χ0) is 19.1. The van der Waals surface area contributed by atoms with Crippen LogP contribution < -0.4 is 10.3 Å². The van der Waals surface area contributed by atoms with Gasteiger partial charge in [0.15, 0.2) is 0 Å². The number of methoxy groups -OCH3 is 3. The molecule has 1 N–H and O–H groups in total. The smallest absolute Gasteiger partial charge is 0.311 e. The van der Waals surface area contributed by atoms with E-state index >= 15 is 0 Å². The number of H-pyrrole nitrogens is 1. The van der Waals surface area contributed by atoms with E-state index in [2.05, 4.69) is 10.1 Å². The van der Waals surface area contributed by atoms with Crippen molar-refractivity contribution in [2.24, 2.45) is 4.99 Å². The Bertz CT molecular complexity index is 834. The largest absolute Gasteiger partial charge is 0.497 e. The van der Waals surface area contributed by atoms with E-state index in [9.17, 15) is 9.59 Å². The summed E-state index contributed by atoms with van der Waals surface area (Å²) in [6, 6.07) is 7.00. The van der Waals surface area contributed by atoms with Gasteiger partial charge in [-0.25, -0.2) is 4.68 Å². The quantitative estimate of drug-likeness (QED) is 0.435. The summed E-state index contributed by atoms with van der Waals surface area (Å²) in [5, 5.41) is 2.99. The number of nitrogens with one attached hydrogen (secondary N) is 1. The van der Waals surface area contributed by atoms with Crippen molar-refractivity contribution in [2.45, 2.75) is 13.3 Å². The lowest BCUT2D eigenvalue weighted by atomic mass is 10.1. The van der Waals surface area contributed by atoms with Crippen LogP contribution in [0.4, 0.5) is 0 Å². The van der Waals surface area contributed by atoms with Crippen molar-refractivity contribution in [2.75, 3.05) is 34.5 Å². The number of esters is 1. The summed E-state index contributed by atoms with van der Waals surface area (Å²) >= 11 is 0. The van der Waals surface area contributed by atoms with Gasteiger partial charge in [0.05, 0.1) is 50.7 Å². The molecular weight excluding hydrogens is 338 g/mol. The number of hydrogen-bond acceptors (Lipinski definition) is 6. The van der Waals surface area contributed by atoms with Crippen molar-refractivity contribution < 1.29 is 19.0 Å². The first-order valence-corrected chi connectivity index (χ1v) is 8.07. The molecule has 2 rings (SSSR count). The van der Waals surface area contributed by atoms with E-state index in [4.69, 9.17) is 14.2 Å². The second-order valence-electron chi connectivity index (χ2n) is 5.52. The number of carbonyl (C=O) groups is 1. The van der Waals surface area contributed by atoms with Gasteiger partial charge >= 0.3 is 5.97 Å². The molecule has 0 aliphatic heterocycles. The van der Waals surface area contributed by atoms with Gasteiger partial charge in [0.1, 0.15) is 5.75 Å². The van der Waals surface area contributed by atoms with Gasteiger partial charge in [-0.1, -0.05) is 0 Å². The lowest BCUT2D eigenvalue weighted by Gasteiger charge is -2.03. The van der Waals surface area contributed by atoms with Crippen LogP contribution in [0.5, 0.6) is 5.75 Å². The Morgan fingerprint density at radius 1 is 1.19 bits per heavy atom. The molecule has 0 aliphatic carbocycles. The van der Waals surface area contributed by atoms with E-state index in [1.807, 2.05) is 0 Å². The van der Waals surface area contributed by atoms with Gasteiger partial charge in [-0.05, 0) is 31.2 Å². The summed E-state index contributed by atoms with van der Waals surface area (Å²) in [6.07, 6.45) is -0.0542. The molecule has 0 spiro atoms. The number of aliphatic imine (C=N–C) groups is 1. The second kappa shape index (κ2) is 9.00. The van der Waals surface area contributed by atoms with Crippen molar-refractivity contribution in [1.82, 2.24) is 9.78 Å². The lowest BCUT2D eigenvalue weighted by Crippen LogP contribution is -2.20. The molecule has 0 saturated carbocycles. The molecule has 0 unspecified atom stereocenters. The van der Waals surface area contributed by atoms with Crippen molar-refractivity contribution in [1.29, 1.82) is 0 Å². The van der Waals surface area contributed by atoms with Crippen LogP contribution in [0.3, 0.4) is 0 Å². The summed E-state index contributed by atoms with van der Waals surface area (Å²) < 4.78 is 16.2. The topological polar surface area (TPSA) is 94.9 Å². The third-order valence-electron chi connectivity index (χ3n) is 3.85. The molecule has 1 heterocycles. The predicted molar refractivity (Wildman–Crippen MR) is 97.6 cm³/mol. The van der Waals surface area contributed by atoms with Crippen LogP contribution in [-0.2, 0) is 20.7 Å². The molecule has 8 nitrogen and oxygen atoms in total. The van der Waals surface area contributed by atoms with E-state index in [1.165, 1.54) is 11.8 Å². The Morgan fingerprint density at radius 2 is 1.88 bits per heavy atom. The summed E-state index contributed by atoms with van der Waals surface area (Å²) in [5.74, 6) is 0.236. The van der Waals surface area contributed by atoms with E-state index in [1.54, 1.807) is 45.4 Å². The third-order valence-corrected chi connectivity index (χ3v) is 3.85. The average molecular weight is 361 g/mol. The minimum Gasteiger partial charge on any atom is -0.497 e. The van der Waals surface area contributed by atoms with Crippen LogP contribution in [0.15, 0.2) is 34.1 Å². The second-order valence-corrected chi connectivity index (χ2v) is 5.52. The number of nitrogens with zero attached hydrogens (tertiary/aromatic N) is 2. The summed E-state index contributed by atoms with van der Waals surface area (Å²) in [5.41, 5.74) is 1.69. The maximum absolute atomic E-state index is 12.9.